The van der Waals surface area contributed by atoms with Crippen LogP contribution in [0.3, 0.4) is 0 Å². The molecule has 0 amide bonds. The zero-order chi connectivity index (χ0) is 15.7. The highest BCUT2D eigenvalue weighted by atomic mass is 16.6. The summed E-state index contributed by atoms with van der Waals surface area (Å²) in [4.78, 5) is 21.4. The van der Waals surface area contributed by atoms with Crippen molar-refractivity contribution in [3.8, 4) is 0 Å². The molecular weight excluding hydrogens is 260 g/mol. The van der Waals surface area contributed by atoms with Gasteiger partial charge in [-0.25, -0.2) is 0 Å². The molecule has 0 aliphatic heterocycles. The monoisotopic (exact) mass is 280 g/mol. The molecule has 0 aromatic heterocycles. The van der Waals surface area contributed by atoms with Crippen LogP contribution in [0.25, 0.3) is 0 Å². The van der Waals surface area contributed by atoms with Gasteiger partial charge in [0.05, 0.1) is 9.85 Å². The highest BCUT2D eigenvalue weighted by Gasteiger charge is 2.29. The second-order valence-electron chi connectivity index (χ2n) is 6.36. The number of hydrogen-bond acceptors (Lipinski definition) is 4. The van der Waals surface area contributed by atoms with Crippen LogP contribution in [0, 0.1) is 26.1 Å². The smallest absolute Gasteiger partial charge is 0.258 e. The topological polar surface area (TPSA) is 86.3 Å². The molecule has 6 heteroatoms. The van der Waals surface area contributed by atoms with E-state index in [0.29, 0.717) is 12.0 Å². The van der Waals surface area contributed by atoms with Crippen molar-refractivity contribution in [2.24, 2.45) is 5.92 Å². The van der Waals surface area contributed by atoms with Gasteiger partial charge in [-0.05, 0) is 23.3 Å². The average molecular weight is 280 g/mol. The van der Waals surface area contributed by atoms with Crippen molar-refractivity contribution in [3.05, 3.63) is 43.5 Å². The van der Waals surface area contributed by atoms with Gasteiger partial charge in [-0.2, -0.15) is 0 Å². The molecule has 0 unspecified atom stereocenters. The molecule has 0 spiro atoms. The maximum atomic E-state index is 11.2. The molecule has 0 aliphatic rings. The van der Waals surface area contributed by atoms with Gasteiger partial charge < -0.3 is 0 Å². The van der Waals surface area contributed by atoms with Crippen molar-refractivity contribution in [2.45, 2.75) is 46.5 Å². The van der Waals surface area contributed by atoms with Crippen molar-refractivity contribution in [1.29, 1.82) is 0 Å². The lowest BCUT2D eigenvalue weighted by Gasteiger charge is -2.19. The summed E-state index contributed by atoms with van der Waals surface area (Å²) in [6.07, 6.45) is 0.317. The highest BCUT2D eigenvalue weighted by Crippen LogP contribution is 2.36. The first-order chi connectivity index (χ1) is 9.04. The Balaban J connectivity index is 3.63. The predicted octanol–water partition coefficient (Wildman–Crippen LogP) is 4.00. The fourth-order valence-electron chi connectivity index (χ4n) is 2.02. The van der Waals surface area contributed by atoms with Crippen LogP contribution in [-0.2, 0) is 11.8 Å². The fourth-order valence-corrected chi connectivity index (χ4v) is 2.02. The van der Waals surface area contributed by atoms with Crippen molar-refractivity contribution in [1.82, 2.24) is 0 Å². The van der Waals surface area contributed by atoms with Gasteiger partial charge in [0, 0.05) is 12.1 Å². The van der Waals surface area contributed by atoms with Gasteiger partial charge in [0.1, 0.15) is 5.56 Å². The minimum Gasteiger partial charge on any atom is -0.258 e. The summed E-state index contributed by atoms with van der Waals surface area (Å²) in [5.41, 5.74) is 0.119. The number of nitrogens with zero attached hydrogens (tertiary/aromatic N) is 2. The summed E-state index contributed by atoms with van der Waals surface area (Å²) in [5.74, 6) is 0.105. The molecule has 1 rings (SSSR count). The van der Waals surface area contributed by atoms with Crippen molar-refractivity contribution in [2.75, 3.05) is 0 Å². The van der Waals surface area contributed by atoms with Gasteiger partial charge in [-0.15, -0.1) is 0 Å². The summed E-state index contributed by atoms with van der Waals surface area (Å²) in [5, 5.41) is 22.5. The maximum Gasteiger partial charge on any atom is 0.279 e. The van der Waals surface area contributed by atoms with Crippen LogP contribution < -0.4 is 0 Å². The van der Waals surface area contributed by atoms with E-state index in [2.05, 4.69) is 0 Å². The van der Waals surface area contributed by atoms with Crippen molar-refractivity contribution < 1.29 is 9.85 Å². The molecule has 0 fully saturated rings. The first-order valence-corrected chi connectivity index (χ1v) is 6.50. The minimum absolute atomic E-state index is 0.105. The predicted molar refractivity (Wildman–Crippen MR) is 77.0 cm³/mol. The normalized spacial score (nSPS) is 11.7. The van der Waals surface area contributed by atoms with Crippen LogP contribution in [0.15, 0.2) is 12.1 Å². The van der Waals surface area contributed by atoms with Gasteiger partial charge in [-0.1, -0.05) is 34.6 Å². The Kier molecular flexibility index (Phi) is 4.47. The van der Waals surface area contributed by atoms with E-state index in [1.54, 1.807) is 0 Å². The molecule has 110 valence electrons. The van der Waals surface area contributed by atoms with E-state index in [1.807, 2.05) is 34.6 Å². The molecule has 0 atom stereocenters. The van der Waals surface area contributed by atoms with E-state index in [0.717, 1.165) is 0 Å². The van der Waals surface area contributed by atoms with E-state index in [9.17, 15) is 20.2 Å². The lowest BCUT2D eigenvalue weighted by Crippen LogP contribution is -2.14. The van der Waals surface area contributed by atoms with Gasteiger partial charge in [0.2, 0.25) is 0 Å². The Hall–Kier alpha value is -1.98. The summed E-state index contributed by atoms with van der Waals surface area (Å²) in [7, 11) is 0. The molecule has 1 aromatic rings. The van der Waals surface area contributed by atoms with Gasteiger partial charge in [0.25, 0.3) is 11.4 Å². The van der Waals surface area contributed by atoms with E-state index in [-0.39, 0.29) is 28.3 Å². The van der Waals surface area contributed by atoms with Crippen LogP contribution in [0.4, 0.5) is 11.4 Å². The number of nitro benzene ring substituents is 2. The third kappa shape index (κ3) is 3.53. The lowest BCUT2D eigenvalue weighted by molar-refractivity contribution is -0.395. The van der Waals surface area contributed by atoms with Crippen molar-refractivity contribution >= 4 is 11.4 Å². The molecule has 0 radical (unpaired) electrons. The molecule has 0 saturated carbocycles. The zero-order valence-corrected chi connectivity index (χ0v) is 12.5. The Morgan fingerprint density at radius 1 is 1.05 bits per heavy atom. The Labute approximate surface area is 118 Å². The summed E-state index contributed by atoms with van der Waals surface area (Å²) in [6, 6.07) is 2.93. The summed E-state index contributed by atoms with van der Waals surface area (Å²) in [6.45, 7) is 9.38. The SMILES string of the molecule is CC(C)Cc1c([N+](=O)[O-])cc(C(C)(C)C)cc1[N+](=O)[O-]. The van der Waals surface area contributed by atoms with Gasteiger partial charge in [-0.3, -0.25) is 20.2 Å². The molecule has 0 saturated heterocycles. The van der Waals surface area contributed by atoms with Gasteiger partial charge in [0.15, 0.2) is 0 Å². The highest BCUT2D eigenvalue weighted by molar-refractivity contribution is 5.57. The largest absolute Gasteiger partial charge is 0.279 e. The molecule has 0 heterocycles. The second kappa shape index (κ2) is 5.56. The average Bonchev–Trinajstić information content (AvgIpc) is 2.25. The quantitative estimate of drug-likeness (QED) is 0.616. The van der Waals surface area contributed by atoms with Crippen LogP contribution in [0.1, 0.15) is 45.7 Å². The van der Waals surface area contributed by atoms with Crippen LogP contribution in [0.2, 0.25) is 0 Å². The molecule has 20 heavy (non-hydrogen) atoms. The zero-order valence-electron chi connectivity index (χ0n) is 12.5. The first-order valence-electron chi connectivity index (χ1n) is 6.50. The molecular formula is C14H20N2O4. The molecule has 0 N–H and O–H groups in total. The maximum absolute atomic E-state index is 11.2. The van der Waals surface area contributed by atoms with E-state index < -0.39 is 9.85 Å². The standard InChI is InChI=1S/C14H20N2O4/c1-9(2)6-11-12(15(17)18)7-10(14(3,4)5)8-13(11)16(19)20/h7-9H,6H2,1-5H3. The van der Waals surface area contributed by atoms with Crippen LogP contribution in [0.5, 0.6) is 0 Å². The number of hydrogen-bond donors (Lipinski definition) is 0. The van der Waals surface area contributed by atoms with Gasteiger partial charge >= 0.3 is 0 Å². The van der Waals surface area contributed by atoms with Crippen molar-refractivity contribution in [3.63, 3.8) is 0 Å². The Bertz CT molecular complexity index is 510. The van der Waals surface area contributed by atoms with Crippen LogP contribution >= 0.6 is 0 Å². The fraction of sp³-hybridized carbons (Fsp3) is 0.571. The molecule has 1 aromatic carbocycles. The molecule has 0 bridgehead atoms. The van der Waals surface area contributed by atoms with Crippen LogP contribution in [-0.4, -0.2) is 9.85 Å². The van der Waals surface area contributed by atoms with E-state index in [4.69, 9.17) is 0 Å². The third-order valence-electron chi connectivity index (χ3n) is 3.07. The number of nitro groups is 2. The lowest BCUT2D eigenvalue weighted by atomic mass is 9.84. The number of rotatable bonds is 4. The van der Waals surface area contributed by atoms with E-state index >= 15 is 0 Å². The number of benzene rings is 1. The second-order valence-corrected chi connectivity index (χ2v) is 6.36. The molecule has 6 nitrogen and oxygen atoms in total. The first kappa shape index (κ1) is 16.1. The summed E-state index contributed by atoms with van der Waals surface area (Å²) < 4.78 is 0. The van der Waals surface area contributed by atoms with E-state index in [1.165, 1.54) is 12.1 Å². The minimum atomic E-state index is -0.528. The molecule has 0 aliphatic carbocycles. The third-order valence-corrected chi connectivity index (χ3v) is 3.07. The summed E-state index contributed by atoms with van der Waals surface area (Å²) >= 11 is 0. The Morgan fingerprint density at radius 3 is 1.70 bits per heavy atom. The Morgan fingerprint density at radius 2 is 1.45 bits per heavy atom.